The van der Waals surface area contributed by atoms with E-state index in [-0.39, 0.29) is 0 Å². The number of nitrogens with zero attached hydrogens (tertiary/aromatic N) is 2. The standard InChI is InChI=1S/C7H6IN2O/c1-5-6(2-9)3-10(11)4-7(5)8/h3-4,11H,1H3/q+1. The van der Waals surface area contributed by atoms with Gasteiger partial charge in [0.15, 0.2) is 0 Å². The van der Waals surface area contributed by atoms with Gasteiger partial charge >= 0.3 is 0 Å². The van der Waals surface area contributed by atoms with Gasteiger partial charge in [0.1, 0.15) is 11.6 Å². The van der Waals surface area contributed by atoms with Gasteiger partial charge in [-0.2, -0.15) is 5.26 Å². The number of hydrogen-bond donors (Lipinski definition) is 1. The van der Waals surface area contributed by atoms with Crippen LogP contribution in [-0.4, -0.2) is 5.21 Å². The first-order chi connectivity index (χ1) is 5.15. The molecule has 0 aliphatic carbocycles. The van der Waals surface area contributed by atoms with Gasteiger partial charge < -0.3 is 0 Å². The Balaban J connectivity index is 3.39. The van der Waals surface area contributed by atoms with Crippen molar-refractivity contribution < 1.29 is 9.94 Å². The molecule has 3 nitrogen and oxygen atoms in total. The lowest BCUT2D eigenvalue weighted by Gasteiger charge is -1.94. The van der Waals surface area contributed by atoms with Crippen LogP contribution in [0.1, 0.15) is 11.1 Å². The van der Waals surface area contributed by atoms with Gasteiger partial charge in [-0.05, 0) is 35.1 Å². The molecule has 0 unspecified atom stereocenters. The van der Waals surface area contributed by atoms with Crippen molar-refractivity contribution in [3.05, 3.63) is 27.1 Å². The molecule has 0 aromatic carbocycles. The third-order valence-corrected chi connectivity index (χ3v) is 2.48. The highest BCUT2D eigenvalue weighted by Crippen LogP contribution is 2.11. The van der Waals surface area contributed by atoms with Crippen molar-refractivity contribution in [2.24, 2.45) is 0 Å². The number of aromatic nitrogens is 1. The summed E-state index contributed by atoms with van der Waals surface area (Å²) in [5.41, 5.74) is 1.40. The molecule has 0 saturated carbocycles. The second-order valence-electron chi connectivity index (χ2n) is 2.14. The number of halogens is 1. The predicted molar refractivity (Wildman–Crippen MR) is 46.0 cm³/mol. The molecule has 0 saturated heterocycles. The Bertz CT molecular complexity index is 330. The third kappa shape index (κ3) is 1.60. The molecular weight excluding hydrogens is 255 g/mol. The highest BCUT2D eigenvalue weighted by Gasteiger charge is 2.09. The van der Waals surface area contributed by atoms with Crippen molar-refractivity contribution in [1.29, 1.82) is 5.26 Å². The Morgan fingerprint density at radius 3 is 2.82 bits per heavy atom. The molecular formula is C7H6IN2O+. The zero-order valence-electron chi connectivity index (χ0n) is 5.87. The van der Waals surface area contributed by atoms with Gasteiger partial charge in [0.05, 0.1) is 3.57 Å². The Morgan fingerprint density at radius 1 is 1.64 bits per heavy atom. The summed E-state index contributed by atoms with van der Waals surface area (Å²) in [5.74, 6) is 0. The minimum Gasteiger partial charge on any atom is -0.285 e. The second kappa shape index (κ2) is 3.05. The summed E-state index contributed by atoms with van der Waals surface area (Å²) in [7, 11) is 0. The maximum Gasteiger partial charge on any atom is 0.240 e. The molecule has 0 aliphatic rings. The fourth-order valence-electron chi connectivity index (χ4n) is 0.721. The van der Waals surface area contributed by atoms with Gasteiger partial charge in [0.25, 0.3) is 0 Å². The quantitative estimate of drug-likeness (QED) is 0.430. The minimum absolute atomic E-state index is 0.499. The van der Waals surface area contributed by atoms with Crippen LogP contribution in [0, 0.1) is 21.8 Å². The van der Waals surface area contributed by atoms with Crippen LogP contribution in [-0.2, 0) is 0 Å². The van der Waals surface area contributed by atoms with Crippen molar-refractivity contribution in [2.45, 2.75) is 6.92 Å². The van der Waals surface area contributed by atoms with Crippen LogP contribution in [0.2, 0.25) is 0 Å². The molecule has 1 N–H and O–H groups in total. The second-order valence-corrected chi connectivity index (χ2v) is 3.30. The lowest BCUT2D eigenvalue weighted by Crippen LogP contribution is -2.30. The molecule has 0 amide bonds. The van der Waals surface area contributed by atoms with Crippen LogP contribution in [0.5, 0.6) is 0 Å². The van der Waals surface area contributed by atoms with E-state index in [1.165, 1.54) is 6.20 Å². The molecule has 1 aromatic rings. The summed E-state index contributed by atoms with van der Waals surface area (Å²) in [6, 6.07) is 1.99. The average molecular weight is 261 g/mol. The fraction of sp³-hybridized carbons (Fsp3) is 0.143. The fourth-order valence-corrected chi connectivity index (χ4v) is 1.30. The smallest absolute Gasteiger partial charge is 0.240 e. The largest absolute Gasteiger partial charge is 0.285 e. The number of rotatable bonds is 0. The third-order valence-electron chi connectivity index (χ3n) is 1.39. The first-order valence-electron chi connectivity index (χ1n) is 2.96. The molecule has 1 aromatic heterocycles. The van der Waals surface area contributed by atoms with E-state index < -0.39 is 0 Å². The van der Waals surface area contributed by atoms with E-state index in [1.807, 2.05) is 13.0 Å². The van der Waals surface area contributed by atoms with Crippen molar-refractivity contribution in [3.8, 4) is 6.07 Å². The Labute approximate surface area is 78.0 Å². The van der Waals surface area contributed by atoms with E-state index in [1.54, 1.807) is 6.20 Å². The molecule has 4 heteroatoms. The molecule has 1 heterocycles. The summed E-state index contributed by atoms with van der Waals surface area (Å²) in [5, 5.41) is 17.6. The number of nitriles is 1. The summed E-state index contributed by atoms with van der Waals surface area (Å²) < 4.78 is 1.78. The van der Waals surface area contributed by atoms with E-state index in [9.17, 15) is 0 Å². The van der Waals surface area contributed by atoms with Crippen LogP contribution in [0.15, 0.2) is 12.4 Å². The van der Waals surface area contributed by atoms with Gasteiger partial charge in [0, 0.05) is 4.73 Å². The predicted octanol–water partition coefficient (Wildman–Crippen LogP) is 0.996. The molecule has 0 radical (unpaired) electrons. The number of hydrogen-bond acceptors (Lipinski definition) is 2. The Hall–Kier alpha value is -0.830. The van der Waals surface area contributed by atoms with E-state index >= 15 is 0 Å². The first kappa shape index (κ1) is 8.27. The zero-order chi connectivity index (χ0) is 8.43. The molecule has 0 atom stereocenters. The van der Waals surface area contributed by atoms with Crippen molar-refractivity contribution in [3.63, 3.8) is 0 Å². The molecule has 0 bridgehead atoms. The van der Waals surface area contributed by atoms with Crippen LogP contribution >= 0.6 is 22.6 Å². The summed E-state index contributed by atoms with van der Waals surface area (Å²) >= 11 is 2.07. The van der Waals surface area contributed by atoms with E-state index in [4.69, 9.17) is 10.5 Å². The van der Waals surface area contributed by atoms with Crippen molar-refractivity contribution >= 4 is 22.6 Å². The van der Waals surface area contributed by atoms with Crippen molar-refractivity contribution in [2.75, 3.05) is 0 Å². The molecule has 11 heavy (non-hydrogen) atoms. The van der Waals surface area contributed by atoms with E-state index in [2.05, 4.69) is 22.6 Å². The lowest BCUT2D eigenvalue weighted by atomic mass is 10.2. The first-order valence-corrected chi connectivity index (χ1v) is 4.04. The lowest BCUT2D eigenvalue weighted by molar-refractivity contribution is -0.905. The van der Waals surface area contributed by atoms with Crippen molar-refractivity contribution in [1.82, 2.24) is 0 Å². The molecule has 1 rings (SSSR count). The Morgan fingerprint density at radius 2 is 2.27 bits per heavy atom. The zero-order valence-corrected chi connectivity index (χ0v) is 8.03. The van der Waals surface area contributed by atoms with Gasteiger partial charge in [-0.15, -0.1) is 0 Å². The summed E-state index contributed by atoms with van der Waals surface area (Å²) in [6.07, 6.45) is 2.94. The summed E-state index contributed by atoms with van der Waals surface area (Å²) in [4.78, 5) is 0. The maximum absolute atomic E-state index is 9.01. The minimum atomic E-state index is 0.499. The van der Waals surface area contributed by atoms with Crippen LogP contribution in [0.3, 0.4) is 0 Å². The van der Waals surface area contributed by atoms with Gasteiger partial charge in [0.2, 0.25) is 12.4 Å². The van der Waals surface area contributed by atoms with Crippen LogP contribution < -0.4 is 4.73 Å². The maximum atomic E-state index is 9.01. The van der Waals surface area contributed by atoms with Gasteiger partial charge in [-0.1, -0.05) is 0 Å². The highest BCUT2D eigenvalue weighted by molar-refractivity contribution is 14.1. The van der Waals surface area contributed by atoms with Crippen LogP contribution in [0.4, 0.5) is 0 Å². The van der Waals surface area contributed by atoms with Gasteiger partial charge in [-0.25, -0.2) is 0 Å². The highest BCUT2D eigenvalue weighted by atomic mass is 127. The van der Waals surface area contributed by atoms with E-state index in [0.717, 1.165) is 13.9 Å². The van der Waals surface area contributed by atoms with Crippen LogP contribution in [0.25, 0.3) is 0 Å². The molecule has 0 fully saturated rings. The SMILES string of the molecule is Cc1c(I)c[n+](O)cc1C#N. The topological polar surface area (TPSA) is 47.9 Å². The Kier molecular flexibility index (Phi) is 2.29. The summed E-state index contributed by atoms with van der Waals surface area (Å²) in [6.45, 7) is 1.85. The molecule has 0 spiro atoms. The monoisotopic (exact) mass is 261 g/mol. The normalized spacial score (nSPS) is 9.18. The molecule has 56 valence electrons. The van der Waals surface area contributed by atoms with E-state index in [0.29, 0.717) is 5.56 Å². The van der Waals surface area contributed by atoms with Gasteiger partial charge in [-0.3, -0.25) is 5.21 Å². The average Bonchev–Trinajstić information content (AvgIpc) is 1.96. The number of pyridine rings is 1. The molecule has 0 aliphatic heterocycles.